The van der Waals surface area contributed by atoms with E-state index in [1.165, 1.54) is 12.8 Å². The van der Waals surface area contributed by atoms with Gasteiger partial charge in [0.05, 0.1) is 6.61 Å². The number of nitrogens with one attached hydrogen (secondary N) is 1. The van der Waals surface area contributed by atoms with E-state index in [0.29, 0.717) is 24.2 Å². The zero-order valence-corrected chi connectivity index (χ0v) is 11.4. The molecule has 0 atom stereocenters. The van der Waals surface area contributed by atoms with Gasteiger partial charge in [0.25, 0.3) is 0 Å². The fourth-order valence-electron chi connectivity index (χ4n) is 1.56. The van der Waals surface area contributed by atoms with Crippen molar-refractivity contribution in [2.75, 3.05) is 17.7 Å². The number of hydrogen-bond acceptors (Lipinski definition) is 5. The fraction of sp³-hybridized carbons (Fsp3) is 0.692. The van der Waals surface area contributed by atoms with Crippen molar-refractivity contribution in [3.63, 3.8) is 0 Å². The lowest BCUT2D eigenvalue weighted by Crippen LogP contribution is -2.12. The van der Waals surface area contributed by atoms with Gasteiger partial charge in [0.15, 0.2) is 5.82 Å². The van der Waals surface area contributed by atoms with Gasteiger partial charge in [-0.05, 0) is 19.3 Å². The van der Waals surface area contributed by atoms with Crippen LogP contribution in [0.5, 0.6) is 5.88 Å². The van der Waals surface area contributed by atoms with E-state index in [1.54, 1.807) is 0 Å². The molecule has 0 amide bonds. The Labute approximate surface area is 108 Å². The summed E-state index contributed by atoms with van der Waals surface area (Å²) in [6.45, 7) is 6.82. The molecule has 1 heterocycles. The van der Waals surface area contributed by atoms with Gasteiger partial charge in [-0.25, -0.2) is 4.98 Å². The summed E-state index contributed by atoms with van der Waals surface area (Å²) in [6.07, 6.45) is 3.31. The van der Waals surface area contributed by atoms with Crippen LogP contribution >= 0.6 is 0 Å². The molecule has 0 aliphatic heterocycles. The molecule has 1 aromatic heterocycles. The first-order valence-corrected chi connectivity index (χ1v) is 6.68. The molecule has 18 heavy (non-hydrogen) atoms. The summed E-state index contributed by atoms with van der Waals surface area (Å²) in [5, 5.41) is 3.34. The van der Waals surface area contributed by atoms with Gasteiger partial charge in [0.2, 0.25) is 5.88 Å². The average molecular weight is 250 g/mol. The summed E-state index contributed by atoms with van der Waals surface area (Å²) < 4.78 is 5.60. The number of nitrogen functional groups attached to an aromatic ring is 1. The first-order chi connectivity index (χ1) is 8.61. The van der Waals surface area contributed by atoms with Gasteiger partial charge in [-0.3, -0.25) is 0 Å². The molecule has 0 aromatic carbocycles. The van der Waals surface area contributed by atoms with E-state index in [2.05, 4.69) is 36.1 Å². The molecule has 100 valence electrons. The molecule has 1 saturated carbocycles. The Morgan fingerprint density at radius 2 is 2.11 bits per heavy atom. The Kier molecular flexibility index (Phi) is 3.89. The third-order valence-electron chi connectivity index (χ3n) is 2.81. The summed E-state index contributed by atoms with van der Waals surface area (Å²) >= 11 is 0. The van der Waals surface area contributed by atoms with E-state index in [1.807, 2.05) is 0 Å². The summed E-state index contributed by atoms with van der Waals surface area (Å²) in [7, 11) is 0. The first kappa shape index (κ1) is 12.9. The summed E-state index contributed by atoms with van der Waals surface area (Å²) in [5.74, 6) is 2.27. The zero-order chi connectivity index (χ0) is 13.1. The van der Waals surface area contributed by atoms with Crippen molar-refractivity contribution in [2.45, 2.75) is 52.0 Å². The molecule has 0 unspecified atom stereocenters. The molecule has 3 N–H and O–H groups in total. The molecule has 0 saturated heterocycles. The highest BCUT2D eigenvalue weighted by Crippen LogP contribution is 2.32. The smallest absolute Gasteiger partial charge is 0.242 e. The largest absolute Gasteiger partial charge is 0.476 e. The van der Waals surface area contributed by atoms with Crippen molar-refractivity contribution in [1.82, 2.24) is 9.97 Å². The van der Waals surface area contributed by atoms with Crippen molar-refractivity contribution in [1.29, 1.82) is 0 Å². The third-order valence-corrected chi connectivity index (χ3v) is 2.81. The van der Waals surface area contributed by atoms with Gasteiger partial charge < -0.3 is 15.8 Å². The Bertz CT molecular complexity index is 416. The molecule has 5 heteroatoms. The van der Waals surface area contributed by atoms with Crippen LogP contribution in [0.1, 0.15) is 51.8 Å². The van der Waals surface area contributed by atoms with Gasteiger partial charge >= 0.3 is 0 Å². The van der Waals surface area contributed by atoms with Crippen LogP contribution in [-0.2, 0) is 0 Å². The van der Waals surface area contributed by atoms with Gasteiger partial charge in [-0.1, -0.05) is 20.8 Å². The molecular weight excluding hydrogens is 228 g/mol. The van der Waals surface area contributed by atoms with E-state index in [4.69, 9.17) is 10.5 Å². The van der Waals surface area contributed by atoms with E-state index in [-0.39, 0.29) is 5.92 Å². The minimum atomic E-state index is 0.259. The summed E-state index contributed by atoms with van der Waals surface area (Å²) in [4.78, 5) is 8.89. The van der Waals surface area contributed by atoms with Crippen molar-refractivity contribution in [3.05, 3.63) is 5.82 Å². The topological polar surface area (TPSA) is 73.1 Å². The van der Waals surface area contributed by atoms with Crippen LogP contribution < -0.4 is 15.8 Å². The molecule has 1 aromatic rings. The van der Waals surface area contributed by atoms with Crippen LogP contribution in [0.15, 0.2) is 0 Å². The highest BCUT2D eigenvalue weighted by Gasteiger charge is 2.24. The quantitative estimate of drug-likeness (QED) is 0.811. The second kappa shape index (κ2) is 5.42. The van der Waals surface area contributed by atoms with Crippen LogP contribution in [-0.4, -0.2) is 22.6 Å². The second-order valence-corrected chi connectivity index (χ2v) is 5.07. The lowest BCUT2D eigenvalue weighted by atomic mass is 10.2. The summed E-state index contributed by atoms with van der Waals surface area (Å²) in [5.41, 5.74) is 6.58. The molecule has 5 nitrogen and oxygen atoms in total. The monoisotopic (exact) mass is 250 g/mol. The molecule has 1 aliphatic rings. The number of hydrogen-bond donors (Lipinski definition) is 2. The Balaban J connectivity index is 2.27. The van der Waals surface area contributed by atoms with Crippen LogP contribution in [0.2, 0.25) is 0 Å². The van der Waals surface area contributed by atoms with Crippen LogP contribution in [0, 0.1) is 0 Å². The van der Waals surface area contributed by atoms with Gasteiger partial charge in [-0.15, -0.1) is 0 Å². The lowest BCUT2D eigenvalue weighted by molar-refractivity contribution is 0.305. The number of ether oxygens (including phenoxy) is 1. The Morgan fingerprint density at radius 1 is 1.39 bits per heavy atom. The first-order valence-electron chi connectivity index (χ1n) is 6.68. The number of nitrogens with two attached hydrogens (primary N) is 1. The molecule has 0 spiro atoms. The van der Waals surface area contributed by atoms with Crippen molar-refractivity contribution < 1.29 is 4.74 Å². The predicted octanol–water partition coefficient (Wildman–Crippen LogP) is 2.55. The Morgan fingerprint density at radius 3 is 2.67 bits per heavy atom. The molecule has 0 bridgehead atoms. The van der Waals surface area contributed by atoms with Gasteiger partial charge in [-0.2, -0.15) is 4.98 Å². The van der Waals surface area contributed by atoms with Crippen molar-refractivity contribution in [3.8, 4) is 5.88 Å². The van der Waals surface area contributed by atoms with E-state index < -0.39 is 0 Å². The zero-order valence-electron chi connectivity index (χ0n) is 11.4. The minimum absolute atomic E-state index is 0.259. The number of nitrogens with zero attached hydrogens (tertiary/aromatic N) is 2. The molecule has 2 rings (SSSR count). The standard InChI is InChI=1S/C13H22N4O/c1-4-7-18-13-10(14)12(15-9-5-6-9)16-11(17-13)8(2)3/h8-9H,4-7,14H2,1-3H3,(H,15,16,17). The van der Waals surface area contributed by atoms with Crippen molar-refractivity contribution >= 4 is 11.5 Å². The SMILES string of the molecule is CCCOc1nc(C(C)C)nc(NC2CC2)c1N. The van der Waals surface area contributed by atoms with Gasteiger partial charge in [0, 0.05) is 12.0 Å². The van der Waals surface area contributed by atoms with E-state index in [0.717, 1.165) is 18.1 Å². The predicted molar refractivity (Wildman–Crippen MR) is 73.0 cm³/mol. The maximum absolute atomic E-state index is 6.06. The second-order valence-electron chi connectivity index (χ2n) is 5.07. The van der Waals surface area contributed by atoms with E-state index in [9.17, 15) is 0 Å². The number of aromatic nitrogens is 2. The Hall–Kier alpha value is -1.52. The maximum Gasteiger partial charge on any atom is 0.242 e. The minimum Gasteiger partial charge on any atom is -0.476 e. The number of rotatable bonds is 6. The van der Waals surface area contributed by atoms with E-state index >= 15 is 0 Å². The van der Waals surface area contributed by atoms with Crippen molar-refractivity contribution in [2.24, 2.45) is 0 Å². The lowest BCUT2D eigenvalue weighted by Gasteiger charge is -2.15. The fourth-order valence-corrected chi connectivity index (χ4v) is 1.56. The summed E-state index contributed by atoms with van der Waals surface area (Å²) in [6, 6.07) is 0.515. The van der Waals surface area contributed by atoms with Crippen LogP contribution in [0.3, 0.4) is 0 Å². The number of anilines is 2. The molecular formula is C13H22N4O. The third kappa shape index (κ3) is 3.03. The maximum atomic E-state index is 6.06. The molecule has 1 aliphatic carbocycles. The average Bonchev–Trinajstić information content (AvgIpc) is 3.13. The normalized spacial score (nSPS) is 14.9. The molecule has 1 fully saturated rings. The van der Waals surface area contributed by atoms with Crippen LogP contribution in [0.25, 0.3) is 0 Å². The van der Waals surface area contributed by atoms with Crippen LogP contribution in [0.4, 0.5) is 11.5 Å². The molecule has 0 radical (unpaired) electrons. The highest BCUT2D eigenvalue weighted by molar-refractivity contribution is 5.67. The van der Waals surface area contributed by atoms with Gasteiger partial charge in [0.1, 0.15) is 11.5 Å². The highest BCUT2D eigenvalue weighted by atomic mass is 16.5.